The SMILES string of the molecule is Cc1ccc(OCCN(C)C(=O)COc2ccc(C#N)cc2)cc1. The van der Waals surface area contributed by atoms with Crippen molar-refractivity contribution in [1.29, 1.82) is 5.26 Å². The van der Waals surface area contributed by atoms with Gasteiger partial charge in [-0.25, -0.2) is 0 Å². The monoisotopic (exact) mass is 324 g/mol. The fourth-order valence-corrected chi connectivity index (χ4v) is 1.94. The number of rotatable bonds is 7. The summed E-state index contributed by atoms with van der Waals surface area (Å²) in [6.07, 6.45) is 0. The van der Waals surface area contributed by atoms with Gasteiger partial charge in [0.2, 0.25) is 0 Å². The third-order valence-electron chi connectivity index (χ3n) is 3.49. The highest BCUT2D eigenvalue weighted by atomic mass is 16.5. The number of nitrogens with zero attached hydrogens (tertiary/aromatic N) is 2. The number of carbonyl (C=O) groups is 1. The van der Waals surface area contributed by atoms with Crippen molar-refractivity contribution < 1.29 is 14.3 Å². The average Bonchev–Trinajstić information content (AvgIpc) is 2.61. The van der Waals surface area contributed by atoms with Crippen LogP contribution in [0.15, 0.2) is 48.5 Å². The molecule has 0 N–H and O–H groups in total. The quantitative estimate of drug-likeness (QED) is 0.785. The molecule has 5 nitrogen and oxygen atoms in total. The van der Waals surface area contributed by atoms with E-state index in [1.807, 2.05) is 37.3 Å². The van der Waals surface area contributed by atoms with Crippen LogP contribution in [0.5, 0.6) is 11.5 Å². The lowest BCUT2D eigenvalue weighted by molar-refractivity contribution is -0.132. The zero-order valence-corrected chi connectivity index (χ0v) is 13.9. The highest BCUT2D eigenvalue weighted by Gasteiger charge is 2.09. The zero-order chi connectivity index (χ0) is 17.4. The number of ether oxygens (including phenoxy) is 2. The van der Waals surface area contributed by atoms with Gasteiger partial charge in [-0.3, -0.25) is 4.79 Å². The van der Waals surface area contributed by atoms with Crippen molar-refractivity contribution in [3.63, 3.8) is 0 Å². The summed E-state index contributed by atoms with van der Waals surface area (Å²) < 4.78 is 11.0. The first kappa shape index (κ1) is 17.4. The maximum absolute atomic E-state index is 12.0. The Morgan fingerprint density at radius 1 is 1.04 bits per heavy atom. The maximum atomic E-state index is 12.0. The number of carbonyl (C=O) groups excluding carboxylic acids is 1. The Bertz CT molecular complexity index is 703. The third-order valence-corrected chi connectivity index (χ3v) is 3.49. The van der Waals surface area contributed by atoms with Crippen molar-refractivity contribution in [3.05, 3.63) is 59.7 Å². The van der Waals surface area contributed by atoms with Crippen molar-refractivity contribution in [2.24, 2.45) is 0 Å². The van der Waals surface area contributed by atoms with E-state index in [2.05, 4.69) is 0 Å². The van der Waals surface area contributed by atoms with Crippen LogP contribution in [0, 0.1) is 18.3 Å². The topological polar surface area (TPSA) is 62.6 Å². The summed E-state index contributed by atoms with van der Waals surface area (Å²) in [5.74, 6) is 1.22. The normalized spacial score (nSPS) is 9.88. The molecular weight excluding hydrogens is 304 g/mol. The van der Waals surface area contributed by atoms with Crippen LogP contribution in [0.3, 0.4) is 0 Å². The fourth-order valence-electron chi connectivity index (χ4n) is 1.94. The largest absolute Gasteiger partial charge is 0.492 e. The molecule has 0 bridgehead atoms. The summed E-state index contributed by atoms with van der Waals surface area (Å²) in [6.45, 7) is 2.86. The number of likely N-dealkylation sites (N-methyl/N-ethyl adjacent to an activating group) is 1. The molecule has 24 heavy (non-hydrogen) atoms. The molecule has 0 aliphatic heterocycles. The number of nitriles is 1. The molecule has 2 rings (SSSR count). The Hall–Kier alpha value is -3.00. The molecule has 5 heteroatoms. The second-order valence-corrected chi connectivity index (χ2v) is 5.40. The molecule has 0 spiro atoms. The summed E-state index contributed by atoms with van der Waals surface area (Å²) >= 11 is 0. The van der Waals surface area contributed by atoms with Gasteiger partial charge in [0.05, 0.1) is 18.2 Å². The van der Waals surface area contributed by atoms with Crippen LogP contribution in [-0.4, -0.2) is 37.6 Å². The van der Waals surface area contributed by atoms with Crippen LogP contribution in [0.2, 0.25) is 0 Å². The van der Waals surface area contributed by atoms with E-state index in [-0.39, 0.29) is 12.5 Å². The first-order chi connectivity index (χ1) is 11.6. The van der Waals surface area contributed by atoms with Crippen molar-refractivity contribution >= 4 is 5.91 Å². The first-order valence-corrected chi connectivity index (χ1v) is 7.65. The molecule has 2 aromatic carbocycles. The number of aryl methyl sites for hydroxylation is 1. The lowest BCUT2D eigenvalue weighted by Crippen LogP contribution is -2.34. The van der Waals surface area contributed by atoms with E-state index in [0.717, 1.165) is 5.75 Å². The van der Waals surface area contributed by atoms with Crippen LogP contribution in [-0.2, 0) is 4.79 Å². The predicted molar refractivity (Wildman–Crippen MR) is 91.0 cm³/mol. The second-order valence-electron chi connectivity index (χ2n) is 5.40. The summed E-state index contributed by atoms with van der Waals surface area (Å²) in [7, 11) is 1.71. The Morgan fingerprint density at radius 2 is 1.62 bits per heavy atom. The Labute approximate surface area is 142 Å². The molecule has 0 saturated carbocycles. The van der Waals surface area contributed by atoms with Crippen LogP contribution in [0.25, 0.3) is 0 Å². The lowest BCUT2D eigenvalue weighted by atomic mass is 10.2. The van der Waals surface area contributed by atoms with Gasteiger partial charge in [-0.2, -0.15) is 5.26 Å². The molecular formula is C19H20N2O3. The van der Waals surface area contributed by atoms with Gasteiger partial charge in [0.25, 0.3) is 5.91 Å². The van der Waals surface area contributed by atoms with Crippen LogP contribution >= 0.6 is 0 Å². The summed E-state index contributed by atoms with van der Waals surface area (Å²) in [6, 6.07) is 16.5. The molecule has 124 valence electrons. The highest BCUT2D eigenvalue weighted by molar-refractivity contribution is 5.77. The van der Waals surface area contributed by atoms with E-state index >= 15 is 0 Å². The minimum atomic E-state index is -0.133. The number of hydrogen-bond acceptors (Lipinski definition) is 4. The molecule has 0 heterocycles. The predicted octanol–water partition coefficient (Wildman–Crippen LogP) is 2.78. The van der Waals surface area contributed by atoms with E-state index in [1.54, 1.807) is 36.2 Å². The summed E-state index contributed by atoms with van der Waals surface area (Å²) in [5.41, 5.74) is 1.73. The fraction of sp³-hybridized carbons (Fsp3) is 0.263. The highest BCUT2D eigenvalue weighted by Crippen LogP contribution is 2.12. The lowest BCUT2D eigenvalue weighted by Gasteiger charge is -2.18. The minimum Gasteiger partial charge on any atom is -0.492 e. The Kier molecular flexibility index (Phi) is 6.21. The smallest absolute Gasteiger partial charge is 0.260 e. The molecule has 0 unspecified atom stereocenters. The van der Waals surface area contributed by atoms with Gasteiger partial charge < -0.3 is 14.4 Å². The van der Waals surface area contributed by atoms with Gasteiger partial charge in [0, 0.05) is 7.05 Å². The molecule has 0 aliphatic carbocycles. The molecule has 0 fully saturated rings. The second kappa shape index (κ2) is 8.59. The maximum Gasteiger partial charge on any atom is 0.260 e. The van der Waals surface area contributed by atoms with Gasteiger partial charge in [-0.15, -0.1) is 0 Å². The standard InChI is InChI=1S/C19H20N2O3/c1-15-3-7-17(8-4-15)23-12-11-21(2)19(22)14-24-18-9-5-16(13-20)6-10-18/h3-10H,11-12,14H2,1-2H3. The minimum absolute atomic E-state index is 0.0487. The van der Waals surface area contributed by atoms with Crippen molar-refractivity contribution in [3.8, 4) is 17.6 Å². The molecule has 1 amide bonds. The van der Waals surface area contributed by atoms with Crippen molar-refractivity contribution in [1.82, 2.24) is 4.90 Å². The van der Waals surface area contributed by atoms with E-state index in [9.17, 15) is 4.79 Å². The summed E-state index contributed by atoms with van der Waals surface area (Å²) in [5, 5.41) is 8.73. The number of hydrogen-bond donors (Lipinski definition) is 0. The number of amides is 1. The van der Waals surface area contributed by atoms with Gasteiger partial charge in [-0.05, 0) is 43.3 Å². The van der Waals surface area contributed by atoms with Crippen LogP contribution in [0.1, 0.15) is 11.1 Å². The first-order valence-electron chi connectivity index (χ1n) is 7.65. The zero-order valence-electron chi connectivity index (χ0n) is 13.9. The molecule has 0 aromatic heterocycles. The molecule has 2 aromatic rings. The van der Waals surface area contributed by atoms with Crippen LogP contribution < -0.4 is 9.47 Å². The van der Waals surface area contributed by atoms with Gasteiger partial charge >= 0.3 is 0 Å². The van der Waals surface area contributed by atoms with Gasteiger partial charge in [-0.1, -0.05) is 17.7 Å². The van der Waals surface area contributed by atoms with Crippen molar-refractivity contribution in [2.75, 3.05) is 26.8 Å². The van der Waals surface area contributed by atoms with Crippen LogP contribution in [0.4, 0.5) is 0 Å². The van der Waals surface area contributed by atoms with E-state index < -0.39 is 0 Å². The molecule has 0 atom stereocenters. The van der Waals surface area contributed by atoms with E-state index in [0.29, 0.717) is 24.5 Å². The average molecular weight is 324 g/mol. The Balaban J connectivity index is 1.71. The van der Waals surface area contributed by atoms with Crippen molar-refractivity contribution in [2.45, 2.75) is 6.92 Å². The molecule has 0 saturated heterocycles. The van der Waals surface area contributed by atoms with E-state index in [4.69, 9.17) is 14.7 Å². The van der Waals surface area contributed by atoms with E-state index in [1.165, 1.54) is 5.56 Å². The Morgan fingerprint density at radius 3 is 2.25 bits per heavy atom. The summed E-state index contributed by atoms with van der Waals surface area (Å²) in [4.78, 5) is 13.6. The molecule has 0 radical (unpaired) electrons. The van der Waals surface area contributed by atoms with Gasteiger partial charge in [0.15, 0.2) is 6.61 Å². The molecule has 0 aliphatic rings. The number of benzene rings is 2. The van der Waals surface area contributed by atoms with Gasteiger partial charge in [0.1, 0.15) is 18.1 Å². The third kappa shape index (κ3) is 5.33.